The lowest BCUT2D eigenvalue weighted by Gasteiger charge is -2.23. The number of hydrogen-bond donors (Lipinski definition) is 0. The van der Waals surface area contributed by atoms with Crippen molar-refractivity contribution in [2.24, 2.45) is 0 Å². The molecule has 0 saturated heterocycles. The van der Waals surface area contributed by atoms with Crippen LogP contribution in [0.3, 0.4) is 0 Å². The second-order valence-corrected chi connectivity index (χ2v) is 28.7. The predicted molar refractivity (Wildman–Crippen MR) is 448 cm³/mol. The van der Waals surface area contributed by atoms with E-state index in [-0.39, 0.29) is 5.41 Å². The van der Waals surface area contributed by atoms with E-state index in [2.05, 4.69) is 232 Å². The fraction of sp³-hybridized carbons (Fsp3) is 0.0297. The van der Waals surface area contributed by atoms with E-state index in [0.29, 0.717) is 34.9 Å². The van der Waals surface area contributed by atoms with Gasteiger partial charge in [-0.2, -0.15) is 0 Å². The molecular weight excluding hydrogens is 1310 g/mol. The molecule has 0 aliphatic heterocycles. The Morgan fingerprint density at radius 3 is 1.05 bits per heavy atom. The molecule has 0 bridgehead atoms. The van der Waals surface area contributed by atoms with E-state index in [1.165, 1.54) is 92.6 Å². The minimum Gasteiger partial charge on any atom is -0.455 e. The van der Waals surface area contributed by atoms with Crippen LogP contribution in [0, 0.1) is 0 Å². The molecule has 0 fully saturated rings. The Bertz CT molecular complexity index is 7140. The summed E-state index contributed by atoms with van der Waals surface area (Å²) in [7, 11) is 0. The Balaban J connectivity index is 0.000000138. The fourth-order valence-corrected chi connectivity index (χ4v) is 17.1. The normalized spacial score (nSPS) is 12.4. The van der Waals surface area contributed by atoms with Gasteiger partial charge in [0, 0.05) is 55.0 Å². The van der Waals surface area contributed by atoms with E-state index in [0.717, 1.165) is 93.4 Å². The third kappa shape index (κ3) is 10.3. The lowest BCUT2D eigenvalue weighted by atomic mass is 9.79. The first kappa shape index (κ1) is 62.4. The van der Waals surface area contributed by atoms with Gasteiger partial charge in [0.15, 0.2) is 34.9 Å². The molecule has 0 saturated carbocycles. The van der Waals surface area contributed by atoms with Crippen molar-refractivity contribution in [3.63, 3.8) is 0 Å². The summed E-state index contributed by atoms with van der Waals surface area (Å²) in [6.07, 6.45) is 0. The smallest absolute Gasteiger partial charge is 0.164 e. The Kier molecular flexibility index (Phi) is 14.5. The van der Waals surface area contributed by atoms with Crippen LogP contribution in [0.4, 0.5) is 0 Å². The maximum atomic E-state index is 6.43. The zero-order chi connectivity index (χ0) is 71.6. The fourth-order valence-electron chi connectivity index (χ4n) is 17.1. The SMILES string of the molecule is CC1(C)c2ccccc2-c2ccc3c(ccc4ccc5cc(-c6ccc(-c7nc(-c8ccccc8)nc(-c8ccccc8)n7)c7ccccc67)ccc5c43)c21.c1ccc(-c2nc(-c3ccccc3)nc(-c3ccc(-c4ccc5c(ccc6ccc7c(ccc8c9ccccc9oc87)c65)c4)c4ccccc34)n2)cc1. The van der Waals surface area contributed by atoms with Crippen molar-refractivity contribution in [2.45, 2.75) is 19.3 Å². The van der Waals surface area contributed by atoms with Gasteiger partial charge in [-0.25, -0.2) is 29.9 Å². The molecule has 108 heavy (non-hydrogen) atoms. The maximum absolute atomic E-state index is 6.43. The van der Waals surface area contributed by atoms with Crippen LogP contribution in [0.25, 0.3) is 210 Å². The zero-order valence-electron chi connectivity index (χ0n) is 59.1. The molecule has 1 aliphatic carbocycles. The van der Waals surface area contributed by atoms with Gasteiger partial charge in [0.1, 0.15) is 11.2 Å². The van der Waals surface area contributed by atoms with E-state index in [9.17, 15) is 0 Å². The highest BCUT2D eigenvalue weighted by atomic mass is 16.3. The summed E-state index contributed by atoms with van der Waals surface area (Å²) in [5.41, 5.74) is 17.8. The van der Waals surface area contributed by atoms with E-state index in [1.807, 2.05) is 133 Å². The lowest BCUT2D eigenvalue weighted by Crippen LogP contribution is -2.15. The molecule has 21 aromatic rings. The highest BCUT2D eigenvalue weighted by Crippen LogP contribution is 2.53. The highest BCUT2D eigenvalue weighted by molar-refractivity contribution is 6.27. The van der Waals surface area contributed by atoms with Crippen molar-refractivity contribution in [3.8, 4) is 102 Å². The third-order valence-corrected chi connectivity index (χ3v) is 22.2. The summed E-state index contributed by atoms with van der Waals surface area (Å²) in [4.78, 5) is 30.1. The topological polar surface area (TPSA) is 90.5 Å². The van der Waals surface area contributed by atoms with Gasteiger partial charge < -0.3 is 4.42 Å². The molecule has 7 heteroatoms. The van der Waals surface area contributed by atoms with Crippen molar-refractivity contribution in [1.82, 2.24) is 29.9 Å². The summed E-state index contributed by atoms with van der Waals surface area (Å²) in [5, 5.41) is 21.7. The largest absolute Gasteiger partial charge is 0.455 e. The average Bonchev–Trinajstić information content (AvgIpc) is 1.42. The van der Waals surface area contributed by atoms with Crippen LogP contribution in [0.5, 0.6) is 0 Å². The van der Waals surface area contributed by atoms with E-state index < -0.39 is 0 Å². The first-order valence-electron chi connectivity index (χ1n) is 36.8. The van der Waals surface area contributed by atoms with Gasteiger partial charge in [-0.05, 0) is 168 Å². The van der Waals surface area contributed by atoms with Gasteiger partial charge in [-0.15, -0.1) is 0 Å². The third-order valence-electron chi connectivity index (χ3n) is 22.2. The van der Waals surface area contributed by atoms with Gasteiger partial charge in [0.05, 0.1) is 0 Å². The number of fused-ring (bicyclic) bond motifs is 20. The Hall–Kier alpha value is -14.1. The average molecular weight is 1380 g/mol. The molecule has 504 valence electrons. The van der Waals surface area contributed by atoms with Crippen LogP contribution in [0.1, 0.15) is 25.0 Å². The highest BCUT2D eigenvalue weighted by Gasteiger charge is 2.37. The van der Waals surface area contributed by atoms with Gasteiger partial charge in [-0.1, -0.05) is 323 Å². The standard InChI is InChI=1S/C52H35N3.C49H29N3O/c1-52(2)46-20-12-11-19-41(46)43-29-28-42-44(48(43)52)26-23-32-21-22-36-31-35(24-25-38(36)47(32)42)37-27-30-45(40-18-10-9-17-39(37)40)51-54-49(33-13-5-3-6-14-33)53-50(55-51)34-15-7-4-8-16-34;1-3-11-31(12-4-1)47-50-48(32-13-5-2-6-14-32)52-49(51-47)43-28-25-35(37-15-7-8-16-38(37)43)33-22-23-36-34(29-33)20-19-30-21-24-42-40(45(30)36)26-27-41-39-17-9-10-18-44(39)53-46(41)42/h3-31H,1-2H3;1-29H. The molecule has 22 rings (SSSR count). The first-order chi connectivity index (χ1) is 53.3. The molecule has 0 radical (unpaired) electrons. The van der Waals surface area contributed by atoms with Gasteiger partial charge in [-0.3, -0.25) is 0 Å². The molecule has 0 atom stereocenters. The molecule has 1 aliphatic rings. The van der Waals surface area contributed by atoms with Crippen LogP contribution in [0.2, 0.25) is 0 Å². The van der Waals surface area contributed by atoms with Crippen molar-refractivity contribution in [2.75, 3.05) is 0 Å². The molecular formula is C101H64N6O. The Labute approximate surface area is 622 Å². The number of hydrogen-bond acceptors (Lipinski definition) is 7. The molecule has 18 aromatic carbocycles. The van der Waals surface area contributed by atoms with E-state index >= 15 is 0 Å². The number of para-hydroxylation sites is 1. The second-order valence-electron chi connectivity index (χ2n) is 28.7. The maximum Gasteiger partial charge on any atom is 0.164 e. The Morgan fingerprint density at radius 2 is 0.546 bits per heavy atom. The monoisotopic (exact) mass is 1380 g/mol. The number of benzene rings is 18. The molecule has 0 spiro atoms. The summed E-state index contributed by atoms with van der Waals surface area (Å²) in [6, 6.07) is 125. The van der Waals surface area contributed by atoms with Crippen LogP contribution >= 0.6 is 0 Å². The Morgan fingerprint density at radius 1 is 0.213 bits per heavy atom. The quantitative estimate of drug-likeness (QED) is 0.140. The lowest BCUT2D eigenvalue weighted by molar-refractivity contribution is 0.666. The van der Waals surface area contributed by atoms with Crippen molar-refractivity contribution >= 4 is 108 Å². The summed E-state index contributed by atoms with van der Waals surface area (Å²) in [6.45, 7) is 4.75. The van der Waals surface area contributed by atoms with Crippen LogP contribution < -0.4 is 0 Å². The summed E-state index contributed by atoms with van der Waals surface area (Å²) >= 11 is 0. The molecule has 0 N–H and O–H groups in total. The van der Waals surface area contributed by atoms with Crippen LogP contribution in [0.15, 0.2) is 356 Å². The minimum absolute atomic E-state index is 0.0718. The number of rotatable bonds is 8. The van der Waals surface area contributed by atoms with Crippen molar-refractivity contribution in [3.05, 3.63) is 363 Å². The number of furan rings is 1. The van der Waals surface area contributed by atoms with Crippen LogP contribution in [-0.4, -0.2) is 29.9 Å². The van der Waals surface area contributed by atoms with E-state index in [1.54, 1.807) is 0 Å². The first-order valence-corrected chi connectivity index (χ1v) is 36.8. The van der Waals surface area contributed by atoms with Gasteiger partial charge in [0.25, 0.3) is 0 Å². The second kappa shape index (κ2) is 25.1. The van der Waals surface area contributed by atoms with Gasteiger partial charge in [0.2, 0.25) is 0 Å². The van der Waals surface area contributed by atoms with E-state index in [4.69, 9.17) is 34.3 Å². The number of nitrogens with zero attached hydrogens (tertiary/aromatic N) is 6. The van der Waals surface area contributed by atoms with Crippen molar-refractivity contribution < 1.29 is 4.42 Å². The summed E-state index contributed by atoms with van der Waals surface area (Å²) in [5.74, 6) is 3.92. The van der Waals surface area contributed by atoms with Gasteiger partial charge >= 0.3 is 0 Å². The molecule has 0 amide bonds. The zero-order valence-corrected chi connectivity index (χ0v) is 59.1. The molecule has 3 heterocycles. The number of aromatic nitrogens is 6. The van der Waals surface area contributed by atoms with Crippen LogP contribution in [-0.2, 0) is 5.41 Å². The molecule has 0 unspecified atom stereocenters. The summed E-state index contributed by atoms with van der Waals surface area (Å²) < 4.78 is 6.43. The molecule has 3 aromatic heterocycles. The predicted octanol–water partition coefficient (Wildman–Crippen LogP) is 26.5. The minimum atomic E-state index is -0.0718. The van der Waals surface area contributed by atoms with Crippen molar-refractivity contribution in [1.29, 1.82) is 0 Å². The molecule has 7 nitrogen and oxygen atoms in total.